The third-order valence-electron chi connectivity index (χ3n) is 4.22. The second kappa shape index (κ2) is 6.49. The molecule has 1 aliphatic heterocycles. The van der Waals surface area contributed by atoms with E-state index in [1.807, 2.05) is 0 Å². The predicted molar refractivity (Wildman–Crippen MR) is 90.8 cm³/mol. The van der Waals surface area contributed by atoms with Crippen molar-refractivity contribution in [3.8, 4) is 11.4 Å². The summed E-state index contributed by atoms with van der Waals surface area (Å²) in [5, 5.41) is 3.80. The van der Waals surface area contributed by atoms with E-state index in [1.165, 1.54) is 29.2 Å². The number of amides is 1. The molecule has 1 saturated heterocycles. The van der Waals surface area contributed by atoms with Gasteiger partial charge in [-0.3, -0.25) is 4.79 Å². The average Bonchev–Trinajstić information content (AvgIpc) is 3.24. The summed E-state index contributed by atoms with van der Waals surface area (Å²) >= 11 is 5.79. The number of benzene rings is 2. The van der Waals surface area contributed by atoms with Crippen LogP contribution in [-0.4, -0.2) is 22.6 Å². The van der Waals surface area contributed by atoms with E-state index in [-0.39, 0.29) is 47.2 Å². The average molecular weight is 376 g/mol. The molecule has 2 heterocycles. The molecule has 1 fully saturated rings. The number of rotatable bonds is 3. The van der Waals surface area contributed by atoms with E-state index >= 15 is 0 Å². The van der Waals surface area contributed by atoms with E-state index in [0.29, 0.717) is 5.56 Å². The van der Waals surface area contributed by atoms with Crippen LogP contribution < -0.4 is 4.90 Å². The lowest BCUT2D eigenvalue weighted by atomic mass is 10.1. The van der Waals surface area contributed by atoms with Crippen molar-refractivity contribution < 1.29 is 18.1 Å². The minimum absolute atomic E-state index is 0.0510. The van der Waals surface area contributed by atoms with Crippen molar-refractivity contribution >= 4 is 23.2 Å². The smallest absolute Gasteiger partial charge is 0.232 e. The number of carbonyl (C=O) groups is 1. The molecule has 0 saturated carbocycles. The number of aromatic nitrogens is 2. The Balaban J connectivity index is 1.59. The Hall–Kier alpha value is -2.80. The number of hydrogen-bond donors (Lipinski definition) is 0. The Morgan fingerprint density at radius 1 is 1.19 bits per heavy atom. The summed E-state index contributed by atoms with van der Waals surface area (Å²) in [6.07, 6.45) is 0.108. The molecule has 5 nitrogen and oxygen atoms in total. The molecule has 1 aliphatic rings. The first-order valence-corrected chi connectivity index (χ1v) is 8.24. The summed E-state index contributed by atoms with van der Waals surface area (Å²) in [6, 6.07) is 10.3. The molecule has 8 heteroatoms. The van der Waals surface area contributed by atoms with Gasteiger partial charge in [0.25, 0.3) is 0 Å². The van der Waals surface area contributed by atoms with E-state index in [1.54, 1.807) is 18.2 Å². The Bertz CT molecular complexity index is 992. The van der Waals surface area contributed by atoms with Crippen molar-refractivity contribution in [3.63, 3.8) is 0 Å². The lowest BCUT2D eigenvalue weighted by molar-refractivity contribution is -0.117. The topological polar surface area (TPSA) is 59.2 Å². The molecule has 2 aromatic carbocycles. The van der Waals surface area contributed by atoms with Gasteiger partial charge >= 0.3 is 0 Å². The summed E-state index contributed by atoms with van der Waals surface area (Å²) in [4.78, 5) is 17.9. The fourth-order valence-corrected chi connectivity index (χ4v) is 3.12. The fourth-order valence-electron chi connectivity index (χ4n) is 2.95. The van der Waals surface area contributed by atoms with Crippen molar-refractivity contribution in [2.75, 3.05) is 11.4 Å². The Labute approximate surface area is 152 Å². The van der Waals surface area contributed by atoms with Crippen LogP contribution in [0.2, 0.25) is 5.02 Å². The molecule has 0 spiro atoms. The molecule has 0 radical (unpaired) electrons. The molecule has 0 bridgehead atoms. The molecule has 26 heavy (non-hydrogen) atoms. The molecule has 132 valence electrons. The number of anilines is 1. The summed E-state index contributed by atoms with van der Waals surface area (Å²) in [7, 11) is 0. The fraction of sp³-hybridized carbons (Fsp3) is 0.167. The Kier molecular flexibility index (Phi) is 4.16. The van der Waals surface area contributed by atoms with Gasteiger partial charge in [-0.1, -0.05) is 35.0 Å². The number of carbonyl (C=O) groups excluding carboxylic acids is 1. The second-order valence-electron chi connectivity index (χ2n) is 5.94. The highest BCUT2D eigenvalue weighted by molar-refractivity contribution is 6.31. The van der Waals surface area contributed by atoms with Gasteiger partial charge in [0.05, 0.1) is 16.6 Å². The van der Waals surface area contributed by atoms with Crippen molar-refractivity contribution in [1.29, 1.82) is 0 Å². The molecule has 3 aromatic rings. The van der Waals surface area contributed by atoms with E-state index in [2.05, 4.69) is 10.1 Å². The summed E-state index contributed by atoms with van der Waals surface area (Å²) in [6.45, 7) is 0.195. The normalized spacial score (nSPS) is 17.1. The van der Waals surface area contributed by atoms with Crippen LogP contribution in [-0.2, 0) is 4.79 Å². The minimum Gasteiger partial charge on any atom is -0.339 e. The maximum Gasteiger partial charge on any atom is 0.232 e. The van der Waals surface area contributed by atoms with Crippen molar-refractivity contribution in [3.05, 3.63) is 65.0 Å². The quantitative estimate of drug-likeness (QED) is 0.688. The maximum atomic E-state index is 14.2. The zero-order valence-electron chi connectivity index (χ0n) is 13.3. The third-order valence-corrected chi connectivity index (χ3v) is 4.51. The highest BCUT2D eigenvalue weighted by Crippen LogP contribution is 2.34. The van der Waals surface area contributed by atoms with E-state index in [9.17, 15) is 13.6 Å². The lowest BCUT2D eigenvalue weighted by Crippen LogP contribution is -2.25. The van der Waals surface area contributed by atoms with Crippen LogP contribution in [0.1, 0.15) is 18.2 Å². The van der Waals surface area contributed by atoms with Crippen LogP contribution >= 0.6 is 11.6 Å². The first kappa shape index (κ1) is 16.7. The van der Waals surface area contributed by atoms with E-state index < -0.39 is 11.6 Å². The van der Waals surface area contributed by atoms with Crippen LogP contribution in [0.5, 0.6) is 0 Å². The molecule has 0 N–H and O–H groups in total. The Morgan fingerprint density at radius 2 is 2.00 bits per heavy atom. The van der Waals surface area contributed by atoms with Gasteiger partial charge in [0.2, 0.25) is 17.6 Å². The maximum absolute atomic E-state index is 14.2. The summed E-state index contributed by atoms with van der Waals surface area (Å²) < 4.78 is 32.8. The predicted octanol–water partition coefficient (Wildman–Crippen LogP) is 4.19. The van der Waals surface area contributed by atoms with Gasteiger partial charge in [0, 0.05) is 18.5 Å². The molecule has 1 unspecified atom stereocenters. The van der Waals surface area contributed by atoms with Crippen LogP contribution in [0.4, 0.5) is 14.5 Å². The van der Waals surface area contributed by atoms with Crippen molar-refractivity contribution in [1.82, 2.24) is 10.1 Å². The molecule has 4 rings (SSSR count). The zero-order valence-corrected chi connectivity index (χ0v) is 14.1. The van der Waals surface area contributed by atoms with Gasteiger partial charge in [-0.15, -0.1) is 0 Å². The van der Waals surface area contributed by atoms with Crippen LogP contribution in [0.15, 0.2) is 47.0 Å². The lowest BCUT2D eigenvalue weighted by Gasteiger charge is -2.17. The monoisotopic (exact) mass is 375 g/mol. The van der Waals surface area contributed by atoms with E-state index in [0.717, 1.165) is 0 Å². The largest absolute Gasteiger partial charge is 0.339 e. The van der Waals surface area contributed by atoms with Gasteiger partial charge in [0.1, 0.15) is 5.82 Å². The zero-order chi connectivity index (χ0) is 18.3. The number of hydrogen-bond acceptors (Lipinski definition) is 4. The molecular formula is C18H12ClF2N3O2. The van der Waals surface area contributed by atoms with Crippen LogP contribution in [0, 0.1) is 11.6 Å². The van der Waals surface area contributed by atoms with Crippen LogP contribution in [0.25, 0.3) is 11.4 Å². The first-order chi connectivity index (χ1) is 12.5. The third kappa shape index (κ3) is 2.94. The minimum atomic E-state index is -0.644. The van der Waals surface area contributed by atoms with Gasteiger partial charge in [0.15, 0.2) is 5.82 Å². The molecule has 0 aliphatic carbocycles. The molecule has 1 amide bonds. The van der Waals surface area contributed by atoms with Gasteiger partial charge in [-0.2, -0.15) is 4.98 Å². The second-order valence-corrected chi connectivity index (χ2v) is 6.35. The summed E-state index contributed by atoms with van der Waals surface area (Å²) in [5.74, 6) is -1.21. The highest BCUT2D eigenvalue weighted by Gasteiger charge is 2.36. The van der Waals surface area contributed by atoms with Gasteiger partial charge in [-0.25, -0.2) is 8.78 Å². The molecule has 1 atom stereocenters. The summed E-state index contributed by atoms with van der Waals surface area (Å²) in [5.41, 5.74) is 0.594. The van der Waals surface area contributed by atoms with Crippen LogP contribution in [0.3, 0.4) is 0 Å². The van der Waals surface area contributed by atoms with Crippen molar-refractivity contribution in [2.24, 2.45) is 0 Å². The number of nitrogens with zero attached hydrogens (tertiary/aromatic N) is 3. The van der Waals surface area contributed by atoms with Crippen molar-refractivity contribution in [2.45, 2.75) is 12.3 Å². The molecular weight excluding hydrogens is 364 g/mol. The standard InChI is InChI=1S/C18H12ClF2N3O2/c19-13-5-2-6-14(16(13)21)24-9-11(8-15(24)25)18-22-17(23-26-18)10-3-1-4-12(20)7-10/h1-7,11H,8-9H2. The highest BCUT2D eigenvalue weighted by atomic mass is 35.5. The first-order valence-electron chi connectivity index (χ1n) is 7.87. The number of halogens is 3. The Morgan fingerprint density at radius 3 is 2.81 bits per heavy atom. The van der Waals surface area contributed by atoms with Gasteiger partial charge in [-0.05, 0) is 24.3 Å². The SMILES string of the molecule is O=C1CC(c2nc(-c3cccc(F)c3)no2)CN1c1cccc(Cl)c1F. The molecule has 1 aromatic heterocycles. The van der Waals surface area contributed by atoms with Gasteiger partial charge < -0.3 is 9.42 Å². The van der Waals surface area contributed by atoms with E-state index in [4.69, 9.17) is 16.1 Å².